The number of halogens is 1. The monoisotopic (exact) mass is 260 g/mol. The lowest BCUT2D eigenvalue weighted by molar-refractivity contribution is -0.142. The molecule has 2 rings (SSSR count). The summed E-state index contributed by atoms with van der Waals surface area (Å²) in [4.78, 5) is 11.6. The van der Waals surface area contributed by atoms with Gasteiger partial charge in [-0.05, 0) is 17.7 Å². The maximum absolute atomic E-state index is 11.6. The van der Waals surface area contributed by atoms with E-state index in [0.29, 0.717) is 5.02 Å². The van der Waals surface area contributed by atoms with E-state index in [1.54, 1.807) is 24.3 Å². The predicted octanol–water partition coefficient (Wildman–Crippen LogP) is 2.26. The molecule has 0 unspecified atom stereocenters. The molecule has 1 saturated carbocycles. The summed E-state index contributed by atoms with van der Waals surface area (Å²) in [5.74, 6) is -1.70. The van der Waals surface area contributed by atoms with E-state index in [-0.39, 0.29) is 0 Å². The van der Waals surface area contributed by atoms with Gasteiger partial charge in [0.25, 0.3) is 0 Å². The average Bonchev–Trinajstić information content (AvgIpc) is 3.08. The van der Waals surface area contributed by atoms with Gasteiger partial charge in [-0.25, -0.2) is 0 Å². The van der Waals surface area contributed by atoms with E-state index in [0.717, 1.165) is 5.56 Å². The number of esters is 1. The summed E-state index contributed by atoms with van der Waals surface area (Å²) in [6.07, 6.45) is 0. The van der Waals surface area contributed by atoms with Crippen LogP contribution >= 0.6 is 11.6 Å². The number of nitriles is 2. The molecule has 0 bridgehead atoms. The van der Waals surface area contributed by atoms with Gasteiger partial charge in [0, 0.05) is 10.9 Å². The summed E-state index contributed by atoms with van der Waals surface area (Å²) in [5.41, 5.74) is -0.570. The van der Waals surface area contributed by atoms with Crippen LogP contribution in [0.1, 0.15) is 11.5 Å². The van der Waals surface area contributed by atoms with Gasteiger partial charge < -0.3 is 4.74 Å². The summed E-state index contributed by atoms with van der Waals surface area (Å²) in [6.45, 7) is 0. The van der Waals surface area contributed by atoms with Crippen LogP contribution in [0.15, 0.2) is 24.3 Å². The van der Waals surface area contributed by atoms with E-state index in [2.05, 4.69) is 4.74 Å². The second-order valence-electron chi connectivity index (χ2n) is 4.12. The second-order valence-corrected chi connectivity index (χ2v) is 4.56. The molecule has 1 aliphatic carbocycles. The number of hydrogen-bond acceptors (Lipinski definition) is 4. The Hall–Kier alpha value is -2.04. The molecule has 0 radical (unpaired) electrons. The molecule has 4 nitrogen and oxygen atoms in total. The highest BCUT2D eigenvalue weighted by Gasteiger charge is 2.71. The highest BCUT2D eigenvalue weighted by atomic mass is 35.5. The first kappa shape index (κ1) is 12.4. The van der Waals surface area contributed by atoms with Crippen LogP contribution < -0.4 is 0 Å². The second kappa shape index (κ2) is 4.33. The van der Waals surface area contributed by atoms with E-state index in [1.807, 2.05) is 12.1 Å². The van der Waals surface area contributed by atoms with Gasteiger partial charge in [0.15, 0.2) is 5.41 Å². The van der Waals surface area contributed by atoms with Crippen molar-refractivity contribution in [3.05, 3.63) is 34.9 Å². The molecule has 5 heteroatoms. The maximum Gasteiger partial charge on any atom is 0.312 e. The third-order valence-electron chi connectivity index (χ3n) is 3.26. The molecular weight excluding hydrogens is 252 g/mol. The summed E-state index contributed by atoms with van der Waals surface area (Å²) in [7, 11) is 1.25. The Morgan fingerprint density at radius 2 is 1.89 bits per heavy atom. The quantitative estimate of drug-likeness (QED) is 0.765. The molecule has 18 heavy (non-hydrogen) atoms. The van der Waals surface area contributed by atoms with Crippen molar-refractivity contribution in [2.24, 2.45) is 11.3 Å². The fraction of sp³-hybridized carbons (Fsp3) is 0.308. The van der Waals surface area contributed by atoms with Gasteiger partial charge in [0.1, 0.15) is 0 Å². The molecule has 0 saturated heterocycles. The Kier molecular flexibility index (Phi) is 2.98. The van der Waals surface area contributed by atoms with Gasteiger partial charge >= 0.3 is 5.97 Å². The van der Waals surface area contributed by atoms with E-state index in [9.17, 15) is 4.79 Å². The number of rotatable bonds is 2. The summed E-state index contributed by atoms with van der Waals surface area (Å²) in [5, 5.41) is 18.9. The zero-order valence-corrected chi connectivity index (χ0v) is 10.3. The average molecular weight is 261 g/mol. The van der Waals surface area contributed by atoms with Crippen LogP contribution in [0, 0.1) is 34.0 Å². The van der Waals surface area contributed by atoms with Crippen LogP contribution in [0.2, 0.25) is 5.02 Å². The van der Waals surface area contributed by atoms with Gasteiger partial charge in [-0.15, -0.1) is 0 Å². The lowest BCUT2D eigenvalue weighted by Crippen LogP contribution is -2.09. The smallest absolute Gasteiger partial charge is 0.312 e. The van der Waals surface area contributed by atoms with E-state index < -0.39 is 23.2 Å². The molecule has 90 valence electrons. The summed E-state index contributed by atoms with van der Waals surface area (Å²) < 4.78 is 4.64. The van der Waals surface area contributed by atoms with Crippen LogP contribution in [0.4, 0.5) is 0 Å². The molecule has 0 spiro atoms. The van der Waals surface area contributed by atoms with Crippen molar-refractivity contribution in [3.8, 4) is 12.1 Å². The highest BCUT2D eigenvalue weighted by molar-refractivity contribution is 6.30. The van der Waals surface area contributed by atoms with Crippen LogP contribution in [0.3, 0.4) is 0 Å². The molecule has 1 aromatic carbocycles. The van der Waals surface area contributed by atoms with Crippen molar-refractivity contribution in [1.82, 2.24) is 0 Å². The molecule has 1 aliphatic rings. The minimum absolute atomic E-state index is 0.447. The minimum atomic E-state index is -1.32. The van der Waals surface area contributed by atoms with Crippen molar-refractivity contribution in [2.45, 2.75) is 5.92 Å². The normalized spacial score (nSPS) is 23.6. The largest absolute Gasteiger partial charge is 0.469 e. The van der Waals surface area contributed by atoms with Crippen molar-refractivity contribution in [2.75, 3.05) is 7.11 Å². The van der Waals surface area contributed by atoms with Crippen molar-refractivity contribution < 1.29 is 9.53 Å². The number of hydrogen-bond donors (Lipinski definition) is 0. The topological polar surface area (TPSA) is 73.9 Å². The number of carbonyl (C=O) groups excluding carboxylic acids is 1. The SMILES string of the molecule is COC(=O)[C@@H]1[C@H](c2ccc(Cl)cc2)C1(C#N)C#N. The Morgan fingerprint density at radius 3 is 2.33 bits per heavy atom. The number of benzene rings is 1. The number of carbonyl (C=O) groups is 1. The Labute approximate surface area is 109 Å². The number of nitrogens with zero attached hydrogens (tertiary/aromatic N) is 2. The first-order valence-corrected chi connectivity index (χ1v) is 5.64. The van der Waals surface area contributed by atoms with E-state index in [1.165, 1.54) is 7.11 Å². The summed E-state index contributed by atoms with van der Waals surface area (Å²) in [6, 6.07) is 10.7. The van der Waals surface area contributed by atoms with Gasteiger partial charge in [-0.3, -0.25) is 4.79 Å². The zero-order valence-electron chi connectivity index (χ0n) is 9.55. The fourth-order valence-electron chi connectivity index (χ4n) is 2.27. The van der Waals surface area contributed by atoms with Gasteiger partial charge in [0.05, 0.1) is 25.2 Å². The van der Waals surface area contributed by atoms with Crippen LogP contribution in [0.25, 0.3) is 0 Å². The van der Waals surface area contributed by atoms with Gasteiger partial charge in [-0.1, -0.05) is 23.7 Å². The maximum atomic E-state index is 11.6. The molecule has 1 aromatic rings. The Morgan fingerprint density at radius 1 is 1.33 bits per heavy atom. The molecule has 0 aliphatic heterocycles. The lowest BCUT2D eigenvalue weighted by atomic mass is 10.0. The Balaban J connectivity index is 2.40. The lowest BCUT2D eigenvalue weighted by Gasteiger charge is -1.99. The minimum Gasteiger partial charge on any atom is -0.469 e. The summed E-state index contributed by atoms with van der Waals surface area (Å²) >= 11 is 5.78. The highest BCUT2D eigenvalue weighted by Crippen LogP contribution is 2.64. The molecule has 2 atom stereocenters. The standard InChI is InChI=1S/C13H9ClN2O2/c1-18-12(17)11-10(13(11,6-15)7-16)8-2-4-9(14)5-3-8/h2-5,10-11H,1H3/t10-,11-/m0/s1. The first-order chi connectivity index (χ1) is 8.60. The number of ether oxygens (including phenoxy) is 1. The van der Waals surface area contributed by atoms with E-state index >= 15 is 0 Å². The fourth-order valence-corrected chi connectivity index (χ4v) is 2.39. The zero-order chi connectivity index (χ0) is 13.3. The molecular formula is C13H9ClN2O2. The van der Waals surface area contributed by atoms with Crippen molar-refractivity contribution in [3.63, 3.8) is 0 Å². The molecule has 0 amide bonds. The molecule has 0 heterocycles. The molecule has 0 aromatic heterocycles. The van der Waals surface area contributed by atoms with Gasteiger partial charge in [0.2, 0.25) is 0 Å². The first-order valence-electron chi connectivity index (χ1n) is 5.26. The number of methoxy groups -OCH3 is 1. The third kappa shape index (κ3) is 1.63. The third-order valence-corrected chi connectivity index (χ3v) is 3.51. The Bertz CT molecular complexity index is 554. The van der Waals surface area contributed by atoms with Crippen LogP contribution in [-0.4, -0.2) is 13.1 Å². The molecule has 0 N–H and O–H groups in total. The van der Waals surface area contributed by atoms with Gasteiger partial charge in [-0.2, -0.15) is 10.5 Å². The van der Waals surface area contributed by atoms with Crippen molar-refractivity contribution >= 4 is 17.6 Å². The van der Waals surface area contributed by atoms with Crippen molar-refractivity contribution in [1.29, 1.82) is 10.5 Å². The molecule has 1 fully saturated rings. The van der Waals surface area contributed by atoms with Crippen LogP contribution in [-0.2, 0) is 9.53 Å². The predicted molar refractivity (Wildman–Crippen MR) is 63.4 cm³/mol. The van der Waals surface area contributed by atoms with E-state index in [4.69, 9.17) is 22.1 Å². The van der Waals surface area contributed by atoms with Crippen LogP contribution in [0.5, 0.6) is 0 Å².